The van der Waals surface area contributed by atoms with Gasteiger partial charge >= 0.3 is 0 Å². The van der Waals surface area contributed by atoms with Crippen molar-refractivity contribution in [3.8, 4) is 5.75 Å². The molecule has 0 atom stereocenters. The molecule has 5 heteroatoms. The van der Waals surface area contributed by atoms with Crippen LogP contribution < -0.4 is 4.74 Å². The molecule has 0 spiro atoms. The van der Waals surface area contributed by atoms with Crippen molar-refractivity contribution in [1.82, 2.24) is 14.7 Å². The Morgan fingerprint density at radius 3 is 2.95 bits per heavy atom. The first kappa shape index (κ1) is 11.8. The highest BCUT2D eigenvalue weighted by atomic mass is 16.5. The van der Waals surface area contributed by atoms with Crippen molar-refractivity contribution in [2.45, 2.75) is 19.9 Å². The Morgan fingerprint density at radius 1 is 1.32 bits per heavy atom. The molecule has 0 amide bonds. The molecule has 0 bridgehead atoms. The fourth-order valence-electron chi connectivity index (χ4n) is 2.15. The van der Waals surface area contributed by atoms with Crippen LogP contribution in [0.5, 0.6) is 5.75 Å². The average molecular weight is 257 g/mol. The minimum Gasteiger partial charge on any atom is -0.496 e. The van der Waals surface area contributed by atoms with Crippen LogP contribution in [0.2, 0.25) is 0 Å². The maximum absolute atomic E-state index is 5.35. The van der Waals surface area contributed by atoms with E-state index in [4.69, 9.17) is 9.26 Å². The second kappa shape index (κ2) is 4.76. The lowest BCUT2D eigenvalue weighted by atomic mass is 10.2. The molecule has 0 aliphatic heterocycles. The third-order valence-electron chi connectivity index (χ3n) is 3.13. The Labute approximate surface area is 110 Å². The molecule has 2 aromatic heterocycles. The molecule has 0 N–H and O–H groups in total. The van der Waals surface area contributed by atoms with Crippen LogP contribution in [0.1, 0.15) is 18.6 Å². The molecule has 19 heavy (non-hydrogen) atoms. The lowest BCUT2D eigenvalue weighted by Gasteiger charge is -2.04. The van der Waals surface area contributed by atoms with Crippen molar-refractivity contribution < 1.29 is 9.26 Å². The van der Waals surface area contributed by atoms with Gasteiger partial charge < -0.3 is 13.8 Å². The van der Waals surface area contributed by atoms with Crippen molar-refractivity contribution in [2.24, 2.45) is 0 Å². The highest BCUT2D eigenvalue weighted by molar-refractivity contribution is 5.86. The molecule has 0 aliphatic carbocycles. The predicted molar refractivity (Wildman–Crippen MR) is 71.3 cm³/mol. The van der Waals surface area contributed by atoms with Crippen molar-refractivity contribution in [3.05, 3.63) is 42.2 Å². The number of nitrogens with zero attached hydrogens (tertiary/aromatic N) is 3. The topological polar surface area (TPSA) is 53.1 Å². The van der Waals surface area contributed by atoms with Crippen molar-refractivity contribution in [3.63, 3.8) is 0 Å². The molecule has 0 saturated carbocycles. The zero-order valence-electron chi connectivity index (χ0n) is 11.0. The minimum absolute atomic E-state index is 0.573. The lowest BCUT2D eigenvalue weighted by Crippen LogP contribution is -1.98. The minimum atomic E-state index is 0.573. The van der Waals surface area contributed by atoms with Gasteiger partial charge in [-0.1, -0.05) is 18.1 Å². The molecule has 1 aromatic carbocycles. The second-order valence-electron chi connectivity index (χ2n) is 4.29. The van der Waals surface area contributed by atoms with Crippen LogP contribution in [0.4, 0.5) is 0 Å². The van der Waals surface area contributed by atoms with Crippen molar-refractivity contribution >= 4 is 10.9 Å². The SMILES string of the molecule is CCc1noc(Cn2ccc3c(OC)cccc32)n1. The molecule has 0 radical (unpaired) electrons. The standard InChI is InChI=1S/C14H15N3O2/c1-3-13-15-14(19-16-13)9-17-8-7-10-11(17)5-4-6-12(10)18-2/h4-8H,3,9H2,1-2H3. The van der Waals surface area contributed by atoms with Crippen LogP contribution in [-0.4, -0.2) is 21.8 Å². The molecule has 0 saturated heterocycles. The van der Waals surface area contributed by atoms with Crippen LogP contribution in [0.15, 0.2) is 35.0 Å². The monoisotopic (exact) mass is 257 g/mol. The Morgan fingerprint density at radius 2 is 2.21 bits per heavy atom. The number of aryl methyl sites for hydroxylation is 1. The van der Waals surface area contributed by atoms with Gasteiger partial charge in [-0.2, -0.15) is 4.98 Å². The van der Waals surface area contributed by atoms with Crippen LogP contribution in [0.25, 0.3) is 10.9 Å². The van der Waals surface area contributed by atoms with E-state index in [2.05, 4.69) is 20.8 Å². The fraction of sp³-hybridized carbons (Fsp3) is 0.286. The van der Waals surface area contributed by atoms with Gasteiger partial charge in [-0.25, -0.2) is 0 Å². The summed E-state index contributed by atoms with van der Waals surface area (Å²) < 4.78 is 12.6. The third kappa shape index (κ3) is 2.07. The summed E-state index contributed by atoms with van der Waals surface area (Å²) >= 11 is 0. The largest absolute Gasteiger partial charge is 0.496 e. The molecule has 0 aliphatic rings. The first-order valence-electron chi connectivity index (χ1n) is 6.25. The zero-order valence-corrected chi connectivity index (χ0v) is 11.0. The smallest absolute Gasteiger partial charge is 0.246 e. The predicted octanol–water partition coefficient (Wildman–Crippen LogP) is 2.64. The summed E-state index contributed by atoms with van der Waals surface area (Å²) in [5.74, 6) is 2.23. The molecule has 2 heterocycles. The summed E-state index contributed by atoms with van der Waals surface area (Å²) in [7, 11) is 1.68. The number of benzene rings is 1. The number of aromatic nitrogens is 3. The van der Waals surface area contributed by atoms with E-state index in [1.165, 1.54) is 0 Å². The molecular weight excluding hydrogens is 242 g/mol. The van der Waals surface area contributed by atoms with Crippen LogP contribution in [0.3, 0.4) is 0 Å². The van der Waals surface area contributed by atoms with Gasteiger partial charge in [0, 0.05) is 18.0 Å². The lowest BCUT2D eigenvalue weighted by molar-refractivity contribution is 0.368. The van der Waals surface area contributed by atoms with Gasteiger partial charge in [0.25, 0.3) is 0 Å². The third-order valence-corrected chi connectivity index (χ3v) is 3.13. The van der Waals surface area contributed by atoms with Gasteiger partial charge in [0.05, 0.1) is 12.6 Å². The number of fused-ring (bicyclic) bond motifs is 1. The fourth-order valence-corrected chi connectivity index (χ4v) is 2.15. The maximum atomic E-state index is 5.35. The van der Waals surface area contributed by atoms with Gasteiger partial charge in [-0.15, -0.1) is 0 Å². The van der Waals surface area contributed by atoms with E-state index in [1.54, 1.807) is 7.11 Å². The summed E-state index contributed by atoms with van der Waals surface area (Å²) in [5.41, 5.74) is 1.09. The van der Waals surface area contributed by atoms with Gasteiger partial charge in [0.1, 0.15) is 12.3 Å². The van der Waals surface area contributed by atoms with E-state index < -0.39 is 0 Å². The summed E-state index contributed by atoms with van der Waals surface area (Å²) in [6, 6.07) is 8.01. The highest BCUT2D eigenvalue weighted by Crippen LogP contribution is 2.26. The molecule has 3 aromatic rings. The number of hydrogen-bond donors (Lipinski definition) is 0. The maximum Gasteiger partial charge on any atom is 0.246 e. The highest BCUT2D eigenvalue weighted by Gasteiger charge is 2.09. The number of rotatable bonds is 4. The first-order valence-corrected chi connectivity index (χ1v) is 6.25. The van der Waals surface area contributed by atoms with Crippen LogP contribution in [-0.2, 0) is 13.0 Å². The quantitative estimate of drug-likeness (QED) is 0.721. The van der Waals surface area contributed by atoms with E-state index in [0.29, 0.717) is 12.4 Å². The number of methoxy groups -OCH3 is 1. The van der Waals surface area contributed by atoms with Crippen LogP contribution >= 0.6 is 0 Å². The van der Waals surface area contributed by atoms with Gasteiger partial charge in [0.2, 0.25) is 5.89 Å². The van der Waals surface area contributed by atoms with E-state index in [1.807, 2.05) is 31.3 Å². The zero-order chi connectivity index (χ0) is 13.2. The Kier molecular flexibility index (Phi) is 2.95. The summed E-state index contributed by atoms with van der Waals surface area (Å²) in [6.45, 7) is 2.58. The van der Waals surface area contributed by atoms with Crippen molar-refractivity contribution in [2.75, 3.05) is 7.11 Å². The number of hydrogen-bond acceptors (Lipinski definition) is 4. The molecule has 5 nitrogen and oxygen atoms in total. The molecule has 0 fully saturated rings. The summed E-state index contributed by atoms with van der Waals surface area (Å²) in [6.07, 6.45) is 2.78. The first-order chi connectivity index (χ1) is 9.31. The van der Waals surface area contributed by atoms with Crippen molar-refractivity contribution in [1.29, 1.82) is 0 Å². The van der Waals surface area contributed by atoms with Gasteiger partial charge in [-0.3, -0.25) is 0 Å². The Bertz CT molecular complexity index is 700. The summed E-state index contributed by atoms with van der Waals surface area (Å²) in [4.78, 5) is 4.32. The van der Waals surface area contributed by atoms with Gasteiger partial charge in [-0.05, 0) is 18.2 Å². The van der Waals surface area contributed by atoms with Gasteiger partial charge in [0.15, 0.2) is 5.82 Å². The second-order valence-corrected chi connectivity index (χ2v) is 4.29. The Hall–Kier alpha value is -2.30. The van der Waals surface area contributed by atoms with Crippen LogP contribution in [0, 0.1) is 0 Å². The van der Waals surface area contributed by atoms with E-state index >= 15 is 0 Å². The molecule has 0 unspecified atom stereocenters. The molecular formula is C14H15N3O2. The molecule has 98 valence electrons. The summed E-state index contributed by atoms with van der Waals surface area (Å²) in [5, 5.41) is 4.99. The Balaban J connectivity index is 1.97. The van der Waals surface area contributed by atoms with E-state index in [0.717, 1.165) is 28.9 Å². The van der Waals surface area contributed by atoms with E-state index in [-0.39, 0.29) is 0 Å². The normalized spacial score (nSPS) is 11.1. The van der Waals surface area contributed by atoms with E-state index in [9.17, 15) is 0 Å². The molecule has 3 rings (SSSR count). The number of ether oxygens (including phenoxy) is 1. The average Bonchev–Trinajstić information content (AvgIpc) is 3.06.